The van der Waals surface area contributed by atoms with Gasteiger partial charge in [-0.25, -0.2) is 0 Å². The van der Waals surface area contributed by atoms with Crippen LogP contribution in [0.2, 0.25) is 0 Å². The number of hydrogen-bond donors (Lipinski definition) is 1. The van der Waals surface area contributed by atoms with Crippen LogP contribution < -0.4 is 5.73 Å². The Hall–Kier alpha value is -1.20. The van der Waals surface area contributed by atoms with E-state index in [9.17, 15) is 0 Å². The third-order valence-corrected chi connectivity index (χ3v) is 3.40. The lowest BCUT2D eigenvalue weighted by Crippen LogP contribution is -2.14. The van der Waals surface area contributed by atoms with Crippen molar-refractivity contribution in [2.45, 2.75) is 32.7 Å². The maximum absolute atomic E-state index is 6.16. The predicted molar refractivity (Wildman–Crippen MR) is 73.2 cm³/mol. The highest BCUT2D eigenvalue weighted by molar-refractivity contribution is 9.10. The van der Waals surface area contributed by atoms with E-state index in [1.165, 1.54) is 5.56 Å². The summed E-state index contributed by atoms with van der Waals surface area (Å²) in [5, 5.41) is 3.94. The standard InChI is InChI=1S/C13H16BrN3O/c1-3-4-11-16-13(17-18-11)12(15)9-6-5-8(2)7-10(9)14/h5-7,12H,3-4,15H2,1-2H3. The second-order valence-electron chi connectivity index (χ2n) is 4.30. The smallest absolute Gasteiger partial charge is 0.226 e. The number of aromatic nitrogens is 2. The number of benzene rings is 1. The fraction of sp³-hybridized carbons (Fsp3) is 0.385. The number of hydrogen-bond acceptors (Lipinski definition) is 4. The molecule has 2 rings (SSSR count). The normalized spacial score (nSPS) is 12.7. The summed E-state index contributed by atoms with van der Waals surface area (Å²) >= 11 is 3.52. The Balaban J connectivity index is 2.26. The van der Waals surface area contributed by atoms with Crippen molar-refractivity contribution in [2.75, 3.05) is 0 Å². The highest BCUT2D eigenvalue weighted by Crippen LogP contribution is 2.26. The molecule has 0 spiro atoms. The molecule has 1 aromatic heterocycles. The second-order valence-corrected chi connectivity index (χ2v) is 5.15. The number of nitrogens with two attached hydrogens (primary N) is 1. The van der Waals surface area contributed by atoms with Gasteiger partial charge in [0, 0.05) is 10.9 Å². The maximum atomic E-state index is 6.16. The van der Waals surface area contributed by atoms with Crippen LogP contribution in [-0.2, 0) is 6.42 Å². The van der Waals surface area contributed by atoms with Crippen LogP contribution in [0.4, 0.5) is 0 Å². The molecule has 2 aromatic rings. The lowest BCUT2D eigenvalue weighted by molar-refractivity contribution is 0.370. The minimum atomic E-state index is -0.366. The van der Waals surface area contributed by atoms with Crippen LogP contribution >= 0.6 is 15.9 Å². The van der Waals surface area contributed by atoms with Crippen LogP contribution in [0.3, 0.4) is 0 Å². The number of halogens is 1. The molecule has 0 aliphatic carbocycles. The van der Waals surface area contributed by atoms with Crippen LogP contribution in [0, 0.1) is 6.92 Å². The van der Waals surface area contributed by atoms with Gasteiger partial charge in [0.05, 0.1) is 6.04 Å². The zero-order chi connectivity index (χ0) is 13.1. The van der Waals surface area contributed by atoms with Crippen LogP contribution in [0.1, 0.15) is 42.2 Å². The Labute approximate surface area is 115 Å². The molecule has 0 fully saturated rings. The molecule has 0 saturated heterocycles. The zero-order valence-electron chi connectivity index (χ0n) is 10.5. The van der Waals surface area contributed by atoms with E-state index in [-0.39, 0.29) is 6.04 Å². The molecule has 96 valence electrons. The molecule has 0 amide bonds. The topological polar surface area (TPSA) is 64.9 Å². The molecule has 0 saturated carbocycles. The molecule has 0 aliphatic heterocycles. The van der Waals surface area contributed by atoms with E-state index in [1.807, 2.05) is 25.1 Å². The van der Waals surface area contributed by atoms with Crippen molar-refractivity contribution >= 4 is 15.9 Å². The maximum Gasteiger partial charge on any atom is 0.226 e. The van der Waals surface area contributed by atoms with Crippen molar-refractivity contribution < 1.29 is 4.52 Å². The van der Waals surface area contributed by atoms with Crippen molar-refractivity contribution in [1.82, 2.24) is 10.1 Å². The first-order valence-electron chi connectivity index (χ1n) is 5.96. The fourth-order valence-corrected chi connectivity index (χ4v) is 2.47. The lowest BCUT2D eigenvalue weighted by atomic mass is 10.1. The molecular formula is C13H16BrN3O. The van der Waals surface area contributed by atoms with Gasteiger partial charge in [0.25, 0.3) is 0 Å². The van der Waals surface area contributed by atoms with Gasteiger partial charge in [-0.2, -0.15) is 4.98 Å². The zero-order valence-corrected chi connectivity index (χ0v) is 12.1. The van der Waals surface area contributed by atoms with Crippen LogP contribution in [-0.4, -0.2) is 10.1 Å². The van der Waals surface area contributed by atoms with Gasteiger partial charge in [0.2, 0.25) is 5.89 Å². The summed E-state index contributed by atoms with van der Waals surface area (Å²) in [6.45, 7) is 4.11. The summed E-state index contributed by atoms with van der Waals surface area (Å²) in [7, 11) is 0. The molecule has 0 aliphatic rings. The Bertz CT molecular complexity index is 539. The summed E-state index contributed by atoms with van der Waals surface area (Å²) in [6.07, 6.45) is 1.76. The summed E-state index contributed by atoms with van der Waals surface area (Å²) in [6, 6.07) is 5.67. The number of aryl methyl sites for hydroxylation is 2. The van der Waals surface area contributed by atoms with E-state index in [0.717, 1.165) is 22.9 Å². The largest absolute Gasteiger partial charge is 0.339 e. The average molecular weight is 310 g/mol. The van der Waals surface area contributed by atoms with Crippen LogP contribution in [0.5, 0.6) is 0 Å². The van der Waals surface area contributed by atoms with Crippen molar-refractivity contribution in [3.8, 4) is 0 Å². The number of nitrogens with zero attached hydrogens (tertiary/aromatic N) is 2. The minimum absolute atomic E-state index is 0.366. The summed E-state index contributed by atoms with van der Waals surface area (Å²) in [5.74, 6) is 1.18. The first kappa shape index (κ1) is 13.2. The Morgan fingerprint density at radius 1 is 1.44 bits per heavy atom. The Kier molecular flexibility index (Phi) is 4.14. The lowest BCUT2D eigenvalue weighted by Gasteiger charge is -2.10. The Morgan fingerprint density at radius 3 is 2.89 bits per heavy atom. The summed E-state index contributed by atoms with van der Waals surface area (Å²) in [4.78, 5) is 4.32. The van der Waals surface area contributed by atoms with E-state index in [4.69, 9.17) is 10.3 Å². The monoisotopic (exact) mass is 309 g/mol. The van der Waals surface area contributed by atoms with Gasteiger partial charge in [0.1, 0.15) is 0 Å². The number of rotatable bonds is 4. The van der Waals surface area contributed by atoms with Crippen molar-refractivity contribution in [3.63, 3.8) is 0 Å². The third kappa shape index (κ3) is 2.79. The fourth-order valence-electron chi connectivity index (χ4n) is 1.73. The first-order chi connectivity index (χ1) is 8.61. The molecule has 2 N–H and O–H groups in total. The Morgan fingerprint density at radius 2 is 2.22 bits per heavy atom. The quantitative estimate of drug-likeness (QED) is 0.942. The van der Waals surface area contributed by atoms with Crippen molar-refractivity contribution in [3.05, 3.63) is 45.5 Å². The van der Waals surface area contributed by atoms with E-state index in [1.54, 1.807) is 0 Å². The van der Waals surface area contributed by atoms with Gasteiger partial charge in [-0.15, -0.1) is 0 Å². The third-order valence-electron chi connectivity index (χ3n) is 2.72. The van der Waals surface area contributed by atoms with Crippen molar-refractivity contribution in [2.24, 2.45) is 5.73 Å². The minimum Gasteiger partial charge on any atom is -0.339 e. The average Bonchev–Trinajstić information content (AvgIpc) is 2.77. The summed E-state index contributed by atoms with van der Waals surface area (Å²) < 4.78 is 6.12. The van der Waals surface area contributed by atoms with Crippen LogP contribution in [0.15, 0.2) is 27.2 Å². The van der Waals surface area contributed by atoms with Gasteiger partial charge >= 0.3 is 0 Å². The van der Waals surface area contributed by atoms with Crippen molar-refractivity contribution in [1.29, 1.82) is 0 Å². The van der Waals surface area contributed by atoms with E-state index in [0.29, 0.717) is 11.7 Å². The molecule has 18 heavy (non-hydrogen) atoms. The van der Waals surface area contributed by atoms with E-state index in [2.05, 4.69) is 33.0 Å². The van der Waals surface area contributed by atoms with Crippen LogP contribution in [0.25, 0.3) is 0 Å². The van der Waals surface area contributed by atoms with Gasteiger partial charge < -0.3 is 10.3 Å². The molecule has 4 nitrogen and oxygen atoms in total. The van der Waals surface area contributed by atoms with Gasteiger partial charge in [-0.1, -0.05) is 40.1 Å². The molecule has 1 heterocycles. The SMILES string of the molecule is CCCc1nc(C(N)c2ccc(C)cc2Br)no1. The molecule has 0 bridgehead atoms. The highest BCUT2D eigenvalue weighted by Gasteiger charge is 2.18. The molecule has 5 heteroatoms. The molecule has 0 radical (unpaired) electrons. The first-order valence-corrected chi connectivity index (χ1v) is 6.75. The highest BCUT2D eigenvalue weighted by atomic mass is 79.9. The second kappa shape index (κ2) is 5.63. The van der Waals surface area contributed by atoms with Gasteiger partial charge in [0.15, 0.2) is 5.82 Å². The van der Waals surface area contributed by atoms with Gasteiger partial charge in [-0.3, -0.25) is 0 Å². The molecule has 1 aromatic carbocycles. The molecule has 1 atom stereocenters. The van der Waals surface area contributed by atoms with E-state index < -0.39 is 0 Å². The van der Waals surface area contributed by atoms with Gasteiger partial charge in [-0.05, 0) is 30.5 Å². The molecular weight excluding hydrogens is 294 g/mol. The summed E-state index contributed by atoms with van der Waals surface area (Å²) in [5.41, 5.74) is 8.30. The predicted octanol–water partition coefficient (Wildman–Crippen LogP) is 3.14. The molecule has 1 unspecified atom stereocenters. The van der Waals surface area contributed by atoms with E-state index >= 15 is 0 Å².